The van der Waals surface area contributed by atoms with Gasteiger partial charge in [0.1, 0.15) is 11.5 Å². The second-order valence-electron chi connectivity index (χ2n) is 4.64. The summed E-state index contributed by atoms with van der Waals surface area (Å²) in [5, 5.41) is 0. The molecule has 102 valence electrons. The summed E-state index contributed by atoms with van der Waals surface area (Å²) < 4.78 is 5.46. The number of furan rings is 1. The lowest BCUT2D eigenvalue weighted by atomic mass is 10.1. The predicted molar refractivity (Wildman–Crippen MR) is 79.0 cm³/mol. The minimum absolute atomic E-state index is 0.552. The zero-order valence-electron chi connectivity index (χ0n) is 11.4. The van der Waals surface area contributed by atoms with Crippen LogP contribution in [0.15, 0.2) is 47.1 Å². The highest BCUT2D eigenvalue weighted by atomic mass is 16.3. The molecule has 2 aromatic heterocycles. The van der Waals surface area contributed by atoms with Crippen molar-refractivity contribution in [2.75, 3.05) is 0 Å². The van der Waals surface area contributed by atoms with Gasteiger partial charge >= 0.3 is 0 Å². The van der Waals surface area contributed by atoms with Gasteiger partial charge < -0.3 is 15.1 Å². The summed E-state index contributed by atoms with van der Waals surface area (Å²) in [7, 11) is 0. The maximum atomic E-state index is 5.62. The molecule has 0 aliphatic carbocycles. The monoisotopic (exact) mass is 267 g/mol. The van der Waals surface area contributed by atoms with E-state index in [1.807, 2.05) is 36.4 Å². The van der Waals surface area contributed by atoms with Crippen LogP contribution in [0, 0.1) is 0 Å². The van der Waals surface area contributed by atoms with Crippen LogP contribution in [0.2, 0.25) is 0 Å². The number of imidazole rings is 1. The average Bonchev–Trinajstić information content (AvgIpc) is 3.16. The molecular weight excluding hydrogens is 250 g/mol. The van der Waals surface area contributed by atoms with Gasteiger partial charge in [-0.2, -0.15) is 0 Å². The first kappa shape index (κ1) is 12.7. The third-order valence-corrected chi connectivity index (χ3v) is 3.34. The molecule has 4 heteroatoms. The topological polar surface area (TPSA) is 67.8 Å². The van der Waals surface area contributed by atoms with Crippen LogP contribution in [-0.4, -0.2) is 9.97 Å². The standard InChI is InChI=1S/C16H17N3O/c1-2-13-15(14-4-3-9-20-14)19-16(18-13)12-7-5-11(10-17)6-8-12/h3-9H,2,10,17H2,1H3,(H,18,19). The van der Waals surface area contributed by atoms with Crippen LogP contribution in [-0.2, 0) is 13.0 Å². The number of aromatic amines is 1. The molecule has 0 aliphatic heterocycles. The molecule has 0 saturated carbocycles. The Balaban J connectivity index is 2.02. The fourth-order valence-electron chi connectivity index (χ4n) is 2.23. The van der Waals surface area contributed by atoms with E-state index in [-0.39, 0.29) is 0 Å². The van der Waals surface area contributed by atoms with Gasteiger partial charge in [0.25, 0.3) is 0 Å². The second-order valence-corrected chi connectivity index (χ2v) is 4.64. The normalized spacial score (nSPS) is 10.9. The zero-order valence-corrected chi connectivity index (χ0v) is 11.4. The van der Waals surface area contributed by atoms with Crippen LogP contribution in [0.25, 0.3) is 22.8 Å². The van der Waals surface area contributed by atoms with Gasteiger partial charge in [-0.15, -0.1) is 0 Å². The third-order valence-electron chi connectivity index (χ3n) is 3.34. The Morgan fingerprint density at radius 2 is 2.00 bits per heavy atom. The Morgan fingerprint density at radius 1 is 1.20 bits per heavy atom. The number of aromatic nitrogens is 2. The number of hydrogen-bond acceptors (Lipinski definition) is 3. The quantitative estimate of drug-likeness (QED) is 0.761. The number of benzene rings is 1. The van der Waals surface area contributed by atoms with Crippen LogP contribution in [0.3, 0.4) is 0 Å². The molecule has 4 nitrogen and oxygen atoms in total. The van der Waals surface area contributed by atoms with Crippen molar-refractivity contribution in [2.24, 2.45) is 5.73 Å². The van der Waals surface area contributed by atoms with Crippen molar-refractivity contribution in [1.82, 2.24) is 9.97 Å². The number of nitrogens with zero attached hydrogens (tertiary/aromatic N) is 1. The van der Waals surface area contributed by atoms with Crippen molar-refractivity contribution in [3.63, 3.8) is 0 Å². The number of hydrogen-bond donors (Lipinski definition) is 2. The maximum Gasteiger partial charge on any atom is 0.151 e. The molecule has 0 bridgehead atoms. The zero-order chi connectivity index (χ0) is 13.9. The summed E-state index contributed by atoms with van der Waals surface area (Å²) in [5.74, 6) is 1.68. The smallest absolute Gasteiger partial charge is 0.151 e. The number of aryl methyl sites for hydroxylation is 1. The summed E-state index contributed by atoms with van der Waals surface area (Å²) in [4.78, 5) is 8.02. The summed E-state index contributed by atoms with van der Waals surface area (Å²) in [6, 6.07) is 11.9. The van der Waals surface area contributed by atoms with Crippen molar-refractivity contribution >= 4 is 0 Å². The van der Waals surface area contributed by atoms with E-state index in [1.54, 1.807) is 6.26 Å². The highest BCUT2D eigenvalue weighted by Crippen LogP contribution is 2.26. The molecule has 0 unspecified atom stereocenters. The second kappa shape index (κ2) is 5.35. The first-order chi connectivity index (χ1) is 9.81. The van der Waals surface area contributed by atoms with Gasteiger partial charge in [-0.25, -0.2) is 4.98 Å². The molecule has 20 heavy (non-hydrogen) atoms. The van der Waals surface area contributed by atoms with E-state index in [0.717, 1.165) is 40.5 Å². The Labute approximate surface area is 117 Å². The van der Waals surface area contributed by atoms with E-state index in [0.29, 0.717) is 6.54 Å². The molecule has 2 heterocycles. The van der Waals surface area contributed by atoms with E-state index in [2.05, 4.69) is 16.9 Å². The van der Waals surface area contributed by atoms with Crippen molar-refractivity contribution in [3.05, 3.63) is 53.9 Å². The number of nitrogens with two attached hydrogens (primary N) is 1. The van der Waals surface area contributed by atoms with E-state index in [9.17, 15) is 0 Å². The van der Waals surface area contributed by atoms with Crippen LogP contribution in [0.4, 0.5) is 0 Å². The van der Waals surface area contributed by atoms with Gasteiger partial charge in [0.05, 0.1) is 12.0 Å². The average molecular weight is 267 g/mol. The maximum absolute atomic E-state index is 5.62. The first-order valence-electron chi connectivity index (χ1n) is 6.74. The van der Waals surface area contributed by atoms with E-state index in [1.165, 1.54) is 0 Å². The summed E-state index contributed by atoms with van der Waals surface area (Å²) in [6.07, 6.45) is 2.53. The van der Waals surface area contributed by atoms with Crippen molar-refractivity contribution in [3.8, 4) is 22.8 Å². The first-order valence-corrected chi connectivity index (χ1v) is 6.74. The third kappa shape index (κ3) is 2.26. The lowest BCUT2D eigenvalue weighted by Gasteiger charge is -1.99. The highest BCUT2D eigenvalue weighted by molar-refractivity contribution is 5.64. The molecular formula is C16H17N3O. The Kier molecular flexibility index (Phi) is 3.39. The van der Waals surface area contributed by atoms with Gasteiger partial charge in [0, 0.05) is 12.1 Å². The van der Waals surface area contributed by atoms with Crippen LogP contribution in [0.1, 0.15) is 18.2 Å². The van der Waals surface area contributed by atoms with Gasteiger partial charge in [0.15, 0.2) is 5.76 Å². The Morgan fingerprint density at radius 3 is 2.60 bits per heavy atom. The minimum Gasteiger partial charge on any atom is -0.463 e. The van der Waals surface area contributed by atoms with Crippen LogP contribution >= 0.6 is 0 Å². The molecule has 0 radical (unpaired) electrons. The minimum atomic E-state index is 0.552. The van der Waals surface area contributed by atoms with Gasteiger partial charge in [0.2, 0.25) is 0 Å². The Bertz CT molecular complexity index is 681. The number of rotatable bonds is 4. The SMILES string of the molecule is CCc1nc(-c2ccc(CN)cc2)[nH]c1-c1ccco1. The summed E-state index contributed by atoms with van der Waals surface area (Å²) in [6.45, 7) is 2.64. The molecule has 0 atom stereocenters. The van der Waals surface area contributed by atoms with E-state index >= 15 is 0 Å². The molecule has 3 aromatic rings. The molecule has 0 amide bonds. The van der Waals surface area contributed by atoms with Crippen molar-refractivity contribution in [2.45, 2.75) is 19.9 Å². The Hall–Kier alpha value is -2.33. The fourth-order valence-corrected chi connectivity index (χ4v) is 2.23. The number of H-pyrrole nitrogens is 1. The predicted octanol–water partition coefficient (Wildman–Crippen LogP) is 3.36. The molecule has 0 saturated heterocycles. The van der Waals surface area contributed by atoms with E-state index < -0.39 is 0 Å². The summed E-state index contributed by atoms with van der Waals surface area (Å²) in [5.41, 5.74) is 9.75. The molecule has 3 rings (SSSR count). The lowest BCUT2D eigenvalue weighted by molar-refractivity contribution is 0.579. The molecule has 3 N–H and O–H groups in total. The van der Waals surface area contributed by atoms with Crippen LogP contribution < -0.4 is 5.73 Å². The largest absolute Gasteiger partial charge is 0.463 e. The van der Waals surface area contributed by atoms with Crippen molar-refractivity contribution < 1.29 is 4.42 Å². The van der Waals surface area contributed by atoms with Crippen LogP contribution in [0.5, 0.6) is 0 Å². The van der Waals surface area contributed by atoms with E-state index in [4.69, 9.17) is 10.2 Å². The van der Waals surface area contributed by atoms with Crippen molar-refractivity contribution in [1.29, 1.82) is 0 Å². The lowest BCUT2D eigenvalue weighted by Crippen LogP contribution is -1.95. The van der Waals surface area contributed by atoms with Gasteiger partial charge in [-0.3, -0.25) is 0 Å². The van der Waals surface area contributed by atoms with Gasteiger partial charge in [-0.1, -0.05) is 31.2 Å². The molecule has 0 spiro atoms. The highest BCUT2D eigenvalue weighted by Gasteiger charge is 2.13. The van der Waals surface area contributed by atoms with Gasteiger partial charge in [-0.05, 0) is 24.1 Å². The molecule has 0 fully saturated rings. The molecule has 1 aromatic carbocycles. The number of nitrogens with one attached hydrogen (secondary N) is 1. The molecule has 0 aliphatic rings. The summed E-state index contributed by atoms with van der Waals surface area (Å²) >= 11 is 0. The fraction of sp³-hybridized carbons (Fsp3) is 0.188.